The van der Waals surface area contributed by atoms with E-state index in [2.05, 4.69) is 10.3 Å². The molecule has 0 aliphatic heterocycles. The van der Waals surface area contributed by atoms with Crippen molar-refractivity contribution in [3.05, 3.63) is 12.4 Å². The highest BCUT2D eigenvalue weighted by Gasteiger charge is 1.98. The summed E-state index contributed by atoms with van der Waals surface area (Å²) in [4.78, 5) is 4.24. The number of thioether (sulfide) groups is 1. The van der Waals surface area contributed by atoms with Crippen LogP contribution in [0.1, 0.15) is 6.42 Å². The number of aromatic nitrogens is 2. The molecule has 0 aromatic carbocycles. The van der Waals surface area contributed by atoms with Crippen molar-refractivity contribution in [3.8, 4) is 0 Å². The lowest BCUT2D eigenvalue weighted by molar-refractivity contribution is 0.194. The van der Waals surface area contributed by atoms with E-state index >= 15 is 0 Å². The Labute approximate surface area is 95.4 Å². The maximum absolute atomic E-state index is 4.96. The Kier molecular flexibility index (Phi) is 6.47. The third-order valence-corrected chi connectivity index (χ3v) is 3.05. The zero-order valence-corrected chi connectivity index (χ0v) is 10.2. The van der Waals surface area contributed by atoms with Gasteiger partial charge in [-0.3, -0.25) is 0 Å². The number of rotatable bonds is 8. The van der Waals surface area contributed by atoms with Crippen LogP contribution in [-0.2, 0) is 11.8 Å². The first kappa shape index (κ1) is 12.5. The van der Waals surface area contributed by atoms with Gasteiger partial charge in [0.2, 0.25) is 0 Å². The van der Waals surface area contributed by atoms with Gasteiger partial charge in [0.25, 0.3) is 0 Å². The van der Waals surface area contributed by atoms with Crippen molar-refractivity contribution in [3.63, 3.8) is 0 Å². The Balaban J connectivity index is 1.96. The number of ether oxygens (including phenoxy) is 1. The molecular formula is C10H19N3OS. The molecule has 0 unspecified atom stereocenters. The van der Waals surface area contributed by atoms with Gasteiger partial charge in [0.15, 0.2) is 5.16 Å². The first-order chi connectivity index (χ1) is 7.34. The Morgan fingerprint density at radius 2 is 2.40 bits per heavy atom. The van der Waals surface area contributed by atoms with Crippen LogP contribution in [0.2, 0.25) is 0 Å². The molecular weight excluding hydrogens is 210 g/mol. The first-order valence-corrected chi connectivity index (χ1v) is 6.13. The molecule has 0 saturated carbocycles. The topological polar surface area (TPSA) is 39.1 Å². The number of nitrogens with zero attached hydrogens (tertiary/aromatic N) is 2. The van der Waals surface area contributed by atoms with E-state index < -0.39 is 0 Å². The van der Waals surface area contributed by atoms with Gasteiger partial charge in [-0.2, -0.15) is 0 Å². The monoisotopic (exact) mass is 229 g/mol. The predicted molar refractivity (Wildman–Crippen MR) is 63.3 cm³/mol. The number of methoxy groups -OCH3 is 1. The van der Waals surface area contributed by atoms with E-state index in [-0.39, 0.29) is 0 Å². The van der Waals surface area contributed by atoms with Crippen molar-refractivity contribution in [2.24, 2.45) is 7.05 Å². The van der Waals surface area contributed by atoms with E-state index in [1.54, 1.807) is 18.9 Å². The molecule has 0 saturated heterocycles. The molecule has 1 aromatic heterocycles. The third-order valence-electron chi connectivity index (χ3n) is 1.99. The molecule has 4 nitrogen and oxygen atoms in total. The molecule has 0 atom stereocenters. The lowest BCUT2D eigenvalue weighted by Gasteiger charge is -2.04. The van der Waals surface area contributed by atoms with Gasteiger partial charge >= 0.3 is 0 Å². The molecule has 15 heavy (non-hydrogen) atoms. The maximum atomic E-state index is 4.96. The molecule has 1 aromatic rings. The highest BCUT2D eigenvalue weighted by molar-refractivity contribution is 7.99. The Hall–Kier alpha value is -0.520. The van der Waals surface area contributed by atoms with Gasteiger partial charge in [-0.15, -0.1) is 0 Å². The van der Waals surface area contributed by atoms with Crippen molar-refractivity contribution in [1.29, 1.82) is 0 Å². The predicted octanol–water partition coefficient (Wildman–Crippen LogP) is 1.14. The quantitative estimate of drug-likeness (QED) is 0.536. The van der Waals surface area contributed by atoms with Crippen LogP contribution in [-0.4, -0.2) is 42.1 Å². The third kappa shape index (κ3) is 5.20. The highest BCUT2D eigenvalue weighted by Crippen LogP contribution is 2.12. The second-order valence-electron chi connectivity index (χ2n) is 3.27. The van der Waals surface area contributed by atoms with E-state index in [1.807, 2.05) is 24.0 Å². The van der Waals surface area contributed by atoms with E-state index in [0.29, 0.717) is 0 Å². The number of hydrogen-bond acceptors (Lipinski definition) is 4. The summed E-state index contributed by atoms with van der Waals surface area (Å²) in [6.07, 6.45) is 4.87. The van der Waals surface area contributed by atoms with Crippen LogP contribution in [0.3, 0.4) is 0 Å². The summed E-state index contributed by atoms with van der Waals surface area (Å²) in [6, 6.07) is 0. The number of hydrogen-bond donors (Lipinski definition) is 1. The zero-order chi connectivity index (χ0) is 10.9. The van der Waals surface area contributed by atoms with Crippen LogP contribution in [0.15, 0.2) is 17.6 Å². The molecule has 0 amide bonds. The molecule has 1 rings (SSSR count). The van der Waals surface area contributed by atoms with Crippen LogP contribution in [0, 0.1) is 0 Å². The van der Waals surface area contributed by atoms with Gasteiger partial charge in [0, 0.05) is 45.5 Å². The number of imidazole rings is 1. The van der Waals surface area contributed by atoms with Gasteiger partial charge in [0.1, 0.15) is 0 Å². The first-order valence-electron chi connectivity index (χ1n) is 5.14. The fourth-order valence-corrected chi connectivity index (χ4v) is 2.00. The second kappa shape index (κ2) is 7.73. The van der Waals surface area contributed by atoms with E-state index in [1.165, 1.54) is 0 Å². The van der Waals surface area contributed by atoms with E-state index in [4.69, 9.17) is 4.74 Å². The van der Waals surface area contributed by atoms with Crippen molar-refractivity contribution < 1.29 is 4.74 Å². The summed E-state index contributed by atoms with van der Waals surface area (Å²) >= 11 is 1.78. The van der Waals surface area contributed by atoms with E-state index in [9.17, 15) is 0 Å². The largest absolute Gasteiger partial charge is 0.385 e. The number of nitrogens with one attached hydrogen (secondary N) is 1. The van der Waals surface area contributed by atoms with Crippen molar-refractivity contribution in [1.82, 2.24) is 14.9 Å². The summed E-state index contributed by atoms with van der Waals surface area (Å²) in [5.41, 5.74) is 0. The fraction of sp³-hybridized carbons (Fsp3) is 0.700. The molecule has 0 bridgehead atoms. The van der Waals surface area contributed by atoms with Gasteiger partial charge in [0.05, 0.1) is 0 Å². The summed E-state index contributed by atoms with van der Waals surface area (Å²) in [5.74, 6) is 1.05. The van der Waals surface area contributed by atoms with Crippen LogP contribution in [0.5, 0.6) is 0 Å². The molecule has 1 heterocycles. The lowest BCUT2D eigenvalue weighted by atomic mass is 10.4. The SMILES string of the molecule is COCCCNCCSc1nccn1C. The standard InChI is InChI=1S/C10H19N3OS/c1-13-7-5-12-10(13)15-9-6-11-4-3-8-14-2/h5,7,11H,3-4,6,8-9H2,1-2H3. The molecule has 0 aliphatic carbocycles. The van der Waals surface area contributed by atoms with E-state index in [0.717, 1.165) is 37.0 Å². The molecule has 1 N–H and O–H groups in total. The molecule has 86 valence electrons. The fourth-order valence-electron chi connectivity index (χ4n) is 1.17. The highest BCUT2D eigenvalue weighted by atomic mass is 32.2. The van der Waals surface area contributed by atoms with Gasteiger partial charge in [-0.25, -0.2) is 4.98 Å². The molecule has 0 fully saturated rings. The average Bonchev–Trinajstić information content (AvgIpc) is 2.63. The van der Waals surface area contributed by atoms with Crippen molar-refractivity contribution >= 4 is 11.8 Å². The van der Waals surface area contributed by atoms with Crippen LogP contribution in [0.4, 0.5) is 0 Å². The smallest absolute Gasteiger partial charge is 0.167 e. The van der Waals surface area contributed by atoms with Crippen LogP contribution >= 0.6 is 11.8 Å². The second-order valence-corrected chi connectivity index (χ2v) is 4.33. The Morgan fingerprint density at radius 3 is 3.07 bits per heavy atom. The number of aryl methyl sites for hydroxylation is 1. The zero-order valence-electron chi connectivity index (χ0n) is 9.40. The minimum Gasteiger partial charge on any atom is -0.385 e. The maximum Gasteiger partial charge on any atom is 0.167 e. The summed E-state index contributed by atoms with van der Waals surface area (Å²) in [6.45, 7) is 2.87. The van der Waals surface area contributed by atoms with Gasteiger partial charge in [-0.1, -0.05) is 11.8 Å². The summed E-state index contributed by atoms with van der Waals surface area (Å²) in [7, 11) is 3.75. The molecule has 5 heteroatoms. The minimum absolute atomic E-state index is 0.833. The van der Waals surface area contributed by atoms with Crippen molar-refractivity contribution in [2.45, 2.75) is 11.6 Å². The van der Waals surface area contributed by atoms with Crippen molar-refractivity contribution in [2.75, 3.05) is 32.6 Å². The molecule has 0 spiro atoms. The van der Waals surface area contributed by atoms with Gasteiger partial charge < -0.3 is 14.6 Å². The Bertz CT molecular complexity index is 265. The van der Waals surface area contributed by atoms with Gasteiger partial charge in [-0.05, 0) is 13.0 Å². The van der Waals surface area contributed by atoms with Crippen LogP contribution in [0.25, 0.3) is 0 Å². The van der Waals surface area contributed by atoms with Crippen LogP contribution < -0.4 is 5.32 Å². The molecule has 0 aliphatic rings. The Morgan fingerprint density at radius 1 is 1.53 bits per heavy atom. The molecule has 0 radical (unpaired) electrons. The minimum atomic E-state index is 0.833. The average molecular weight is 229 g/mol. The summed E-state index contributed by atoms with van der Waals surface area (Å²) < 4.78 is 7.00. The normalized spacial score (nSPS) is 10.8. The lowest BCUT2D eigenvalue weighted by Crippen LogP contribution is -2.19. The summed E-state index contributed by atoms with van der Waals surface area (Å²) in [5, 5.41) is 4.44.